The van der Waals surface area contributed by atoms with Crippen molar-refractivity contribution in [2.24, 2.45) is 35.5 Å². The molecule has 5 heterocycles. The molecule has 9 heteroatoms. The van der Waals surface area contributed by atoms with E-state index in [1.807, 2.05) is 38.2 Å². The van der Waals surface area contributed by atoms with Gasteiger partial charge >= 0.3 is 29.0 Å². The number of nitrogens with zero attached hydrogens (tertiary/aromatic N) is 4. The minimum atomic E-state index is -1.00. The number of carbonyl (C=O) groups excluding carboxylic acids is 3. The topological polar surface area (TPSA) is 117 Å². The molecule has 0 spiro atoms. The van der Waals surface area contributed by atoms with E-state index >= 15 is 0 Å². The number of allylic oxidation sites excluding steroid dienone is 4. The first-order chi connectivity index (χ1) is 28.7. The van der Waals surface area contributed by atoms with E-state index in [0.29, 0.717) is 34.6 Å². The molecule has 0 N–H and O–H groups in total. The Morgan fingerprint density at radius 3 is 2.21 bits per heavy atom. The van der Waals surface area contributed by atoms with Gasteiger partial charge in [-0.25, -0.2) is 0 Å². The van der Waals surface area contributed by atoms with Gasteiger partial charge in [0.1, 0.15) is 18.8 Å². The van der Waals surface area contributed by atoms with E-state index in [1.54, 1.807) is 0 Å². The maximum atomic E-state index is 14.0. The Morgan fingerprint density at radius 2 is 1.54 bits per heavy atom. The van der Waals surface area contributed by atoms with Crippen molar-refractivity contribution in [3.63, 3.8) is 0 Å². The van der Waals surface area contributed by atoms with E-state index in [4.69, 9.17) is 25.0 Å². The Balaban J connectivity index is 0.00000704. The molecule has 6 rings (SSSR count). The molecular formula is C52H68MgN4O4-2. The third-order valence-corrected chi connectivity index (χ3v) is 13.5. The van der Waals surface area contributed by atoms with Crippen molar-refractivity contribution in [2.45, 2.75) is 146 Å². The zero-order valence-corrected chi connectivity index (χ0v) is 40.2. The van der Waals surface area contributed by atoms with E-state index in [1.165, 1.54) is 50.5 Å². The fourth-order valence-electron chi connectivity index (χ4n) is 9.58. The second kappa shape index (κ2) is 21.5. The van der Waals surface area contributed by atoms with Gasteiger partial charge in [0.2, 0.25) is 0 Å². The zero-order valence-electron chi connectivity index (χ0n) is 38.7. The molecule has 0 amide bonds. The summed E-state index contributed by atoms with van der Waals surface area (Å²) < 4.78 is 5.75. The molecule has 0 aromatic carbocycles. The van der Waals surface area contributed by atoms with Crippen molar-refractivity contribution >= 4 is 64.9 Å². The van der Waals surface area contributed by atoms with Crippen molar-refractivity contribution in [3.05, 3.63) is 95.7 Å². The standard InChI is InChI=1S/C52H69N4O4.Mg/c1-11-39-35(8)43-26-38-25-34(7)42(53-38)27-44-36(9)40(50(55-44)49-41(29-57)52(59)48-37(10)45(56-51(48)49)28-46(39)54-43)21-22-47(58)60-24-23-33(6)20-14-19-32(5)18-13-17-31(4)16-12-15-30(2)3;/h23,25-32,36,40-41H,11-22,24H2,1-10H3,(H-,55,56,59);/q-3;+2/p-1/b33-23+,43-26-,44-27-,46-28-;/t31-,32-,36+,40+,41-;/m1./s1. The minimum absolute atomic E-state index is 0. The van der Waals surface area contributed by atoms with Crippen LogP contribution in [0.15, 0.2) is 29.1 Å². The smallest absolute Gasteiger partial charge is 0.664 e. The van der Waals surface area contributed by atoms with Crippen molar-refractivity contribution in [1.82, 2.24) is 15.0 Å². The van der Waals surface area contributed by atoms with Crippen molar-refractivity contribution in [3.8, 4) is 0 Å². The van der Waals surface area contributed by atoms with E-state index in [9.17, 15) is 14.4 Å². The molecule has 3 aromatic rings. The van der Waals surface area contributed by atoms with Crippen molar-refractivity contribution in [2.75, 3.05) is 6.61 Å². The van der Waals surface area contributed by atoms with Gasteiger partial charge in [0.25, 0.3) is 0 Å². The Morgan fingerprint density at radius 1 is 0.852 bits per heavy atom. The van der Waals surface area contributed by atoms with Crippen LogP contribution in [-0.2, 0) is 20.7 Å². The molecule has 1 aliphatic carbocycles. The molecule has 0 saturated carbocycles. The normalized spacial score (nSPS) is 22.4. The molecule has 2 aliphatic heterocycles. The van der Waals surface area contributed by atoms with Crippen LogP contribution in [0.1, 0.15) is 174 Å². The van der Waals surface area contributed by atoms with Crippen LogP contribution in [0.4, 0.5) is 0 Å². The summed E-state index contributed by atoms with van der Waals surface area (Å²) in [6.45, 7) is 22.0. The number of ketones is 1. The predicted octanol–water partition coefficient (Wildman–Crippen LogP) is 9.75. The molecule has 8 bridgehead atoms. The van der Waals surface area contributed by atoms with E-state index in [2.05, 4.69) is 61.5 Å². The van der Waals surface area contributed by atoms with Gasteiger partial charge in [-0.2, -0.15) is 11.4 Å². The zero-order chi connectivity index (χ0) is 43.2. The number of ether oxygens (including phenoxy) is 1. The van der Waals surface area contributed by atoms with Gasteiger partial charge in [-0.3, -0.25) is 9.59 Å². The summed E-state index contributed by atoms with van der Waals surface area (Å²) >= 11 is 0. The van der Waals surface area contributed by atoms with Gasteiger partial charge in [-0.1, -0.05) is 144 Å². The van der Waals surface area contributed by atoms with Crippen LogP contribution in [-0.4, -0.2) is 47.7 Å². The third kappa shape index (κ3) is 11.2. The number of carbonyl (C=O) groups is 3. The number of esters is 1. The molecule has 3 aromatic heterocycles. The monoisotopic (exact) mass is 837 g/mol. The molecule has 1 saturated heterocycles. The molecule has 8 nitrogen and oxygen atoms in total. The fraction of sp³-hybridized carbons (Fsp3) is 0.558. The summed E-state index contributed by atoms with van der Waals surface area (Å²) in [6.07, 6.45) is 21.6. The van der Waals surface area contributed by atoms with Gasteiger partial charge in [-0.15, -0.1) is 33.5 Å². The van der Waals surface area contributed by atoms with Gasteiger partial charge in [0.15, 0.2) is 5.78 Å². The summed E-state index contributed by atoms with van der Waals surface area (Å²) in [6, 6.07) is 2.06. The van der Waals surface area contributed by atoms with Crippen LogP contribution >= 0.6 is 0 Å². The Kier molecular flexibility index (Phi) is 17.0. The van der Waals surface area contributed by atoms with Gasteiger partial charge in [0.05, 0.1) is 0 Å². The Labute approximate surface area is 381 Å². The quantitative estimate of drug-likeness (QED) is 0.0388. The second-order valence-electron chi connectivity index (χ2n) is 18.7. The summed E-state index contributed by atoms with van der Waals surface area (Å²) in [5, 5.41) is 6.87. The maximum Gasteiger partial charge on any atom is 2.00 e. The van der Waals surface area contributed by atoms with E-state index in [0.717, 1.165) is 93.3 Å². The first-order valence-electron chi connectivity index (χ1n) is 22.9. The average Bonchev–Trinajstić information content (AvgIpc) is 3.95. The van der Waals surface area contributed by atoms with Crippen LogP contribution in [0.3, 0.4) is 0 Å². The number of fused-ring (bicyclic) bond motifs is 7. The molecule has 5 atom stereocenters. The number of aromatic nitrogens is 3. The number of rotatable bonds is 19. The Bertz CT molecular complexity index is 2280. The first-order valence-corrected chi connectivity index (χ1v) is 22.9. The maximum absolute atomic E-state index is 14.0. The number of aldehydes is 1. The van der Waals surface area contributed by atoms with E-state index in [-0.39, 0.29) is 59.7 Å². The second-order valence-corrected chi connectivity index (χ2v) is 18.7. The van der Waals surface area contributed by atoms with Crippen LogP contribution < -0.4 is 25.7 Å². The molecule has 3 aliphatic rings. The first kappa shape index (κ1) is 48.2. The molecular weight excluding hydrogens is 769 g/mol. The molecule has 0 radical (unpaired) electrons. The predicted molar refractivity (Wildman–Crippen MR) is 248 cm³/mol. The molecule has 324 valence electrons. The van der Waals surface area contributed by atoms with Crippen molar-refractivity contribution in [1.29, 1.82) is 0 Å². The number of aryl methyl sites for hydroxylation is 1. The van der Waals surface area contributed by atoms with Crippen LogP contribution in [0.2, 0.25) is 0 Å². The SMILES string of the molecule is CCc1c(C)/c2[n-]/c1=C\c1[n-]c3c(c1C)C(=O)[C@H](C=O)/C3=C1/[N-]/C(=C\c3[n-]c(cc3C)\C=2)[C@@H](C)[C@@H]1CCC(=O)OC/C=C(\C)CCC[C@H](C)CCC[C@H](C)CCCC(C)C.[Mg+2]. The minimum Gasteiger partial charge on any atom is -0.664 e. The van der Waals surface area contributed by atoms with Gasteiger partial charge in [0, 0.05) is 12.0 Å². The molecule has 0 unspecified atom stereocenters. The van der Waals surface area contributed by atoms with Gasteiger partial charge in [-0.05, 0) is 89.0 Å². The van der Waals surface area contributed by atoms with E-state index < -0.39 is 5.92 Å². The van der Waals surface area contributed by atoms with Crippen molar-refractivity contribution < 1.29 is 19.1 Å². The van der Waals surface area contributed by atoms with Gasteiger partial charge < -0.3 is 29.8 Å². The largest absolute Gasteiger partial charge is 2.00 e. The number of hydrogen-bond acceptors (Lipinski definition) is 4. The number of hydrogen-bond donors (Lipinski definition) is 0. The summed E-state index contributed by atoms with van der Waals surface area (Å²) in [5.74, 6) is 0.482. The summed E-state index contributed by atoms with van der Waals surface area (Å²) in [4.78, 5) is 55.1. The number of Topliss-reactive ketones (excluding diaryl/α,β-unsaturated/α-hetero) is 1. The fourth-order valence-corrected chi connectivity index (χ4v) is 9.58. The van der Waals surface area contributed by atoms with Crippen LogP contribution in [0.25, 0.3) is 29.1 Å². The summed E-state index contributed by atoms with van der Waals surface area (Å²) in [5.41, 5.74) is 10.5. The average molecular weight is 837 g/mol. The molecule has 61 heavy (non-hydrogen) atoms. The van der Waals surface area contributed by atoms with Crippen LogP contribution in [0.5, 0.6) is 0 Å². The third-order valence-electron chi connectivity index (χ3n) is 13.5. The van der Waals surface area contributed by atoms with Crippen LogP contribution in [0, 0.1) is 56.3 Å². The molecule has 1 fully saturated rings. The summed E-state index contributed by atoms with van der Waals surface area (Å²) in [7, 11) is 0. The Hall–Kier alpha value is -3.82.